The molecule has 0 bridgehead atoms. The van der Waals surface area contributed by atoms with Gasteiger partial charge in [0.1, 0.15) is 5.76 Å². The number of Topliss-reactive ketones (excluding diaryl/α,β-unsaturated/α-hetero) is 1. The minimum Gasteiger partial charge on any atom is -0.507 e. The lowest BCUT2D eigenvalue weighted by atomic mass is 9.92. The van der Waals surface area contributed by atoms with Crippen molar-refractivity contribution >= 4 is 29.1 Å². The van der Waals surface area contributed by atoms with Crippen LogP contribution < -0.4 is 0 Å². The van der Waals surface area contributed by atoms with E-state index in [2.05, 4.69) is 0 Å². The molecule has 3 rings (SSSR count). The van der Waals surface area contributed by atoms with Gasteiger partial charge in [-0.15, -0.1) is 0 Å². The van der Waals surface area contributed by atoms with E-state index >= 15 is 0 Å². The Labute approximate surface area is 157 Å². The molecule has 1 N–H and O–H groups in total. The summed E-state index contributed by atoms with van der Waals surface area (Å²) in [5.41, 5.74) is 2.39. The second-order valence-electron chi connectivity index (χ2n) is 6.36. The fourth-order valence-electron chi connectivity index (χ4n) is 3.33. The molecule has 26 heavy (non-hydrogen) atoms. The number of carbonyl (C=O) groups is 2. The van der Waals surface area contributed by atoms with Gasteiger partial charge in [-0.05, 0) is 48.7 Å². The van der Waals surface area contributed by atoms with Crippen LogP contribution in [-0.4, -0.2) is 28.2 Å². The van der Waals surface area contributed by atoms with E-state index in [9.17, 15) is 14.7 Å². The van der Waals surface area contributed by atoms with Crippen molar-refractivity contribution in [2.75, 3.05) is 6.54 Å². The number of aryl methyl sites for hydroxylation is 1. The predicted molar refractivity (Wildman–Crippen MR) is 102 cm³/mol. The number of aliphatic hydroxyl groups excluding tert-OH is 1. The lowest BCUT2D eigenvalue weighted by Crippen LogP contribution is -2.30. The van der Waals surface area contributed by atoms with Gasteiger partial charge in [0, 0.05) is 17.1 Å². The summed E-state index contributed by atoms with van der Waals surface area (Å²) in [7, 11) is 0. The van der Waals surface area contributed by atoms with Crippen molar-refractivity contribution < 1.29 is 14.7 Å². The maximum absolute atomic E-state index is 12.7. The third kappa shape index (κ3) is 3.13. The Kier molecular flexibility index (Phi) is 5.14. The fourth-order valence-corrected chi connectivity index (χ4v) is 3.46. The van der Waals surface area contributed by atoms with Crippen LogP contribution in [0.1, 0.15) is 36.1 Å². The number of ketones is 1. The summed E-state index contributed by atoms with van der Waals surface area (Å²) in [4.78, 5) is 26.9. The molecule has 0 aromatic heterocycles. The summed E-state index contributed by atoms with van der Waals surface area (Å²) in [6.07, 6.45) is 0.719. The van der Waals surface area contributed by atoms with E-state index in [1.807, 2.05) is 38.1 Å². The lowest BCUT2D eigenvalue weighted by molar-refractivity contribution is -0.139. The van der Waals surface area contributed by atoms with Crippen LogP contribution >= 0.6 is 11.6 Å². The Balaban J connectivity index is 2.21. The summed E-state index contributed by atoms with van der Waals surface area (Å²) in [5.74, 6) is -1.40. The Hall–Kier alpha value is -2.59. The first-order valence-corrected chi connectivity index (χ1v) is 8.93. The normalized spacial score (nSPS) is 19.2. The van der Waals surface area contributed by atoms with E-state index in [0.29, 0.717) is 17.1 Å². The molecule has 0 spiro atoms. The number of halogens is 1. The zero-order valence-corrected chi connectivity index (χ0v) is 15.5. The topological polar surface area (TPSA) is 57.6 Å². The second kappa shape index (κ2) is 7.34. The van der Waals surface area contributed by atoms with Crippen molar-refractivity contribution in [1.82, 2.24) is 4.90 Å². The van der Waals surface area contributed by atoms with Gasteiger partial charge < -0.3 is 10.0 Å². The van der Waals surface area contributed by atoms with E-state index in [-0.39, 0.29) is 11.3 Å². The SMILES string of the molecule is CCCN1C(=O)C(=O)/C(=C(\O)c2ccc(Cl)cc2)C1c1ccccc1C. The van der Waals surface area contributed by atoms with Crippen LogP contribution in [0.15, 0.2) is 54.1 Å². The molecule has 1 amide bonds. The molecule has 1 heterocycles. The highest BCUT2D eigenvalue weighted by molar-refractivity contribution is 6.46. The minimum absolute atomic E-state index is 0.125. The summed E-state index contributed by atoms with van der Waals surface area (Å²) in [5, 5.41) is 11.4. The maximum atomic E-state index is 12.7. The average Bonchev–Trinajstić information content (AvgIpc) is 2.87. The molecule has 1 aliphatic heterocycles. The Bertz CT molecular complexity index is 886. The Morgan fingerprint density at radius 2 is 1.77 bits per heavy atom. The van der Waals surface area contributed by atoms with Crippen LogP contribution in [0.2, 0.25) is 5.02 Å². The van der Waals surface area contributed by atoms with Crippen LogP contribution in [0.25, 0.3) is 5.76 Å². The van der Waals surface area contributed by atoms with E-state index in [4.69, 9.17) is 11.6 Å². The molecule has 2 aromatic carbocycles. The van der Waals surface area contributed by atoms with Crippen molar-refractivity contribution in [2.45, 2.75) is 26.3 Å². The number of nitrogens with zero attached hydrogens (tertiary/aromatic N) is 1. The van der Waals surface area contributed by atoms with E-state index in [1.54, 1.807) is 29.2 Å². The summed E-state index contributed by atoms with van der Waals surface area (Å²) >= 11 is 5.91. The molecule has 4 nitrogen and oxygen atoms in total. The van der Waals surface area contributed by atoms with Gasteiger partial charge in [0.05, 0.1) is 11.6 Å². The molecule has 1 unspecified atom stereocenters. The third-order valence-corrected chi connectivity index (χ3v) is 4.86. The van der Waals surface area contributed by atoms with E-state index < -0.39 is 17.7 Å². The van der Waals surface area contributed by atoms with Crippen LogP contribution in [0.5, 0.6) is 0 Å². The number of rotatable bonds is 4. The van der Waals surface area contributed by atoms with Gasteiger partial charge in [0.15, 0.2) is 0 Å². The number of hydrogen-bond acceptors (Lipinski definition) is 3. The summed E-state index contributed by atoms with van der Waals surface area (Å²) in [6, 6.07) is 13.6. The molecular weight excluding hydrogens is 350 g/mol. The van der Waals surface area contributed by atoms with Gasteiger partial charge in [-0.1, -0.05) is 42.8 Å². The Morgan fingerprint density at radius 3 is 2.38 bits per heavy atom. The second-order valence-corrected chi connectivity index (χ2v) is 6.79. The minimum atomic E-state index is -0.654. The molecule has 1 atom stereocenters. The third-order valence-electron chi connectivity index (χ3n) is 4.61. The molecule has 134 valence electrons. The number of amides is 1. The summed E-state index contributed by atoms with van der Waals surface area (Å²) in [6.45, 7) is 4.33. The van der Waals surface area contributed by atoms with Crippen LogP contribution in [0.4, 0.5) is 0 Å². The smallest absolute Gasteiger partial charge is 0.295 e. The number of likely N-dealkylation sites (tertiary alicyclic amines) is 1. The van der Waals surface area contributed by atoms with Gasteiger partial charge in [-0.2, -0.15) is 0 Å². The van der Waals surface area contributed by atoms with Crippen molar-refractivity contribution in [3.05, 3.63) is 75.8 Å². The maximum Gasteiger partial charge on any atom is 0.295 e. The first-order chi connectivity index (χ1) is 12.5. The van der Waals surface area contributed by atoms with Crippen molar-refractivity contribution in [3.8, 4) is 0 Å². The highest BCUT2D eigenvalue weighted by Crippen LogP contribution is 2.40. The molecule has 0 aliphatic carbocycles. The predicted octanol–water partition coefficient (Wildman–Crippen LogP) is 4.48. The number of carbonyl (C=O) groups excluding carboxylic acids is 2. The highest BCUT2D eigenvalue weighted by atomic mass is 35.5. The molecule has 2 aromatic rings. The van der Waals surface area contributed by atoms with Crippen LogP contribution in [0.3, 0.4) is 0 Å². The van der Waals surface area contributed by atoms with Crippen molar-refractivity contribution in [3.63, 3.8) is 0 Å². The van der Waals surface area contributed by atoms with Gasteiger partial charge in [0.25, 0.3) is 11.7 Å². The zero-order chi connectivity index (χ0) is 18.8. The average molecular weight is 370 g/mol. The van der Waals surface area contributed by atoms with Gasteiger partial charge in [-0.25, -0.2) is 0 Å². The molecule has 1 fully saturated rings. The number of benzene rings is 2. The van der Waals surface area contributed by atoms with Crippen molar-refractivity contribution in [1.29, 1.82) is 0 Å². The first kappa shape index (κ1) is 18.2. The Morgan fingerprint density at radius 1 is 1.12 bits per heavy atom. The lowest BCUT2D eigenvalue weighted by Gasteiger charge is -2.26. The molecule has 1 saturated heterocycles. The zero-order valence-electron chi connectivity index (χ0n) is 14.7. The number of aliphatic hydroxyl groups is 1. The summed E-state index contributed by atoms with van der Waals surface area (Å²) < 4.78 is 0. The number of hydrogen-bond donors (Lipinski definition) is 1. The molecular formula is C21H20ClNO3. The fraction of sp³-hybridized carbons (Fsp3) is 0.238. The van der Waals surface area contributed by atoms with Gasteiger partial charge >= 0.3 is 0 Å². The largest absolute Gasteiger partial charge is 0.507 e. The van der Waals surface area contributed by atoms with E-state index in [0.717, 1.165) is 17.5 Å². The standard InChI is InChI=1S/C21H20ClNO3/c1-3-12-23-18(16-7-5-4-6-13(16)2)17(20(25)21(23)26)19(24)14-8-10-15(22)11-9-14/h4-11,18,24H,3,12H2,1-2H3/b19-17-. The highest BCUT2D eigenvalue weighted by Gasteiger charge is 2.45. The quantitative estimate of drug-likeness (QED) is 0.491. The van der Waals surface area contributed by atoms with Gasteiger partial charge in [0.2, 0.25) is 0 Å². The van der Waals surface area contributed by atoms with E-state index in [1.165, 1.54) is 0 Å². The monoisotopic (exact) mass is 369 g/mol. The molecule has 1 aliphatic rings. The van der Waals surface area contributed by atoms with Gasteiger partial charge in [-0.3, -0.25) is 9.59 Å². The van der Waals surface area contributed by atoms with Crippen LogP contribution in [0, 0.1) is 6.92 Å². The molecule has 0 saturated carbocycles. The molecule has 5 heteroatoms. The molecule has 0 radical (unpaired) electrons. The first-order valence-electron chi connectivity index (χ1n) is 8.55. The van der Waals surface area contributed by atoms with Crippen LogP contribution in [-0.2, 0) is 9.59 Å². The van der Waals surface area contributed by atoms with Crippen molar-refractivity contribution in [2.24, 2.45) is 0 Å².